The van der Waals surface area contributed by atoms with Crippen LogP contribution in [-0.2, 0) is 17.8 Å². The highest BCUT2D eigenvalue weighted by Crippen LogP contribution is 2.29. The second-order valence-electron chi connectivity index (χ2n) is 6.86. The van der Waals surface area contributed by atoms with Gasteiger partial charge in [0.05, 0.1) is 24.0 Å². The first-order valence-electron chi connectivity index (χ1n) is 9.06. The molecule has 0 spiro atoms. The fourth-order valence-electron chi connectivity index (χ4n) is 3.40. The van der Waals surface area contributed by atoms with E-state index in [-0.39, 0.29) is 11.7 Å². The van der Waals surface area contributed by atoms with Gasteiger partial charge >= 0.3 is 0 Å². The van der Waals surface area contributed by atoms with Crippen molar-refractivity contribution in [3.05, 3.63) is 64.1 Å². The van der Waals surface area contributed by atoms with E-state index in [1.165, 1.54) is 6.42 Å². The van der Waals surface area contributed by atoms with Crippen LogP contribution < -0.4 is 5.56 Å². The molecule has 136 valence electrons. The topological polar surface area (TPSA) is 71.4 Å². The summed E-state index contributed by atoms with van der Waals surface area (Å²) in [5, 5.41) is 0.613. The molecule has 1 aromatic carbocycles. The van der Waals surface area contributed by atoms with Gasteiger partial charge in [-0.25, -0.2) is 4.98 Å². The molecule has 1 unspecified atom stereocenters. The number of hydrogen-bond acceptors (Lipinski definition) is 5. The number of ether oxygens (including phenoxy) is 1. The van der Waals surface area contributed by atoms with E-state index < -0.39 is 0 Å². The zero-order chi connectivity index (χ0) is 17.9. The number of H-pyrrole nitrogens is 1. The molecule has 3 aromatic rings. The fraction of sp³-hybridized carbons (Fsp3) is 0.400. The molecule has 26 heavy (non-hydrogen) atoms. The molecule has 0 radical (unpaired) electrons. The largest absolute Gasteiger partial charge is 0.462 e. The summed E-state index contributed by atoms with van der Waals surface area (Å²) < 4.78 is 11.7. The molecule has 0 amide bonds. The van der Waals surface area contributed by atoms with Crippen LogP contribution in [0.4, 0.5) is 0 Å². The minimum atomic E-state index is -0.103. The van der Waals surface area contributed by atoms with Gasteiger partial charge in [0.2, 0.25) is 0 Å². The highest BCUT2D eigenvalue weighted by molar-refractivity contribution is 5.77. The maximum atomic E-state index is 12.2. The summed E-state index contributed by atoms with van der Waals surface area (Å²) in [7, 11) is 1.98. The van der Waals surface area contributed by atoms with Gasteiger partial charge in [-0.3, -0.25) is 9.69 Å². The minimum absolute atomic E-state index is 0.0846. The Morgan fingerprint density at radius 2 is 2.08 bits per heavy atom. The molecular weight excluding hydrogens is 330 g/mol. The predicted octanol–water partition coefficient (Wildman–Crippen LogP) is 3.39. The zero-order valence-corrected chi connectivity index (χ0v) is 14.9. The maximum absolute atomic E-state index is 12.2. The Morgan fingerprint density at radius 3 is 2.92 bits per heavy atom. The van der Waals surface area contributed by atoms with E-state index in [9.17, 15) is 4.79 Å². The number of rotatable bonds is 5. The Hall–Kier alpha value is -2.44. The number of fused-ring (bicyclic) bond motifs is 1. The second-order valence-corrected chi connectivity index (χ2v) is 6.86. The van der Waals surface area contributed by atoms with Gasteiger partial charge < -0.3 is 14.1 Å². The van der Waals surface area contributed by atoms with Crippen LogP contribution in [-0.4, -0.2) is 28.5 Å². The summed E-state index contributed by atoms with van der Waals surface area (Å²) in [6, 6.07) is 11.4. The number of furan rings is 1. The van der Waals surface area contributed by atoms with Gasteiger partial charge in [0.1, 0.15) is 23.4 Å². The van der Waals surface area contributed by atoms with E-state index in [2.05, 4.69) is 14.9 Å². The molecule has 4 rings (SSSR count). The highest BCUT2D eigenvalue weighted by atomic mass is 16.5. The number of hydrogen-bond donors (Lipinski definition) is 1. The molecule has 1 aliphatic rings. The Balaban J connectivity index is 1.43. The summed E-state index contributed by atoms with van der Waals surface area (Å²) in [6.45, 7) is 1.99. The third kappa shape index (κ3) is 3.71. The number of aromatic nitrogens is 2. The third-order valence-electron chi connectivity index (χ3n) is 4.69. The van der Waals surface area contributed by atoms with E-state index in [1.807, 2.05) is 37.4 Å². The molecule has 0 bridgehead atoms. The van der Waals surface area contributed by atoms with E-state index in [0.717, 1.165) is 36.5 Å². The fourth-order valence-corrected chi connectivity index (χ4v) is 3.40. The average molecular weight is 353 g/mol. The van der Waals surface area contributed by atoms with Crippen LogP contribution in [0.1, 0.15) is 42.7 Å². The molecule has 1 atom stereocenters. The van der Waals surface area contributed by atoms with Crippen molar-refractivity contribution in [3.8, 4) is 0 Å². The Bertz CT molecular complexity index is 941. The molecule has 6 heteroatoms. The molecular formula is C20H23N3O3. The first-order chi connectivity index (χ1) is 12.7. The van der Waals surface area contributed by atoms with Crippen molar-refractivity contribution >= 4 is 10.9 Å². The number of aromatic amines is 1. The molecule has 1 N–H and O–H groups in total. The average Bonchev–Trinajstić information content (AvgIpc) is 3.11. The van der Waals surface area contributed by atoms with Crippen LogP contribution in [0.5, 0.6) is 0 Å². The van der Waals surface area contributed by atoms with E-state index in [0.29, 0.717) is 24.3 Å². The summed E-state index contributed by atoms with van der Waals surface area (Å²) in [5.41, 5.74) is 0.614. The first-order valence-corrected chi connectivity index (χ1v) is 9.06. The van der Waals surface area contributed by atoms with E-state index >= 15 is 0 Å². The van der Waals surface area contributed by atoms with Crippen LogP contribution >= 0.6 is 0 Å². The summed E-state index contributed by atoms with van der Waals surface area (Å²) in [4.78, 5) is 21.7. The van der Waals surface area contributed by atoms with Gasteiger partial charge in [-0.2, -0.15) is 0 Å². The lowest BCUT2D eigenvalue weighted by Gasteiger charge is -2.20. The lowest BCUT2D eigenvalue weighted by atomic mass is 10.1. The Kier molecular flexibility index (Phi) is 4.86. The monoisotopic (exact) mass is 353 g/mol. The Morgan fingerprint density at radius 1 is 1.19 bits per heavy atom. The third-order valence-corrected chi connectivity index (χ3v) is 4.69. The zero-order valence-electron chi connectivity index (χ0n) is 14.9. The predicted molar refractivity (Wildman–Crippen MR) is 98.8 cm³/mol. The maximum Gasteiger partial charge on any atom is 0.258 e. The molecule has 0 aliphatic carbocycles. The van der Waals surface area contributed by atoms with Crippen LogP contribution in [0.3, 0.4) is 0 Å². The van der Waals surface area contributed by atoms with Crippen molar-refractivity contribution in [2.75, 3.05) is 13.7 Å². The number of nitrogens with one attached hydrogen (secondary N) is 1. The van der Waals surface area contributed by atoms with E-state index in [4.69, 9.17) is 9.15 Å². The van der Waals surface area contributed by atoms with Gasteiger partial charge in [0, 0.05) is 6.61 Å². The summed E-state index contributed by atoms with van der Waals surface area (Å²) >= 11 is 0. The van der Waals surface area contributed by atoms with Crippen LogP contribution in [0.2, 0.25) is 0 Å². The van der Waals surface area contributed by atoms with E-state index in [1.54, 1.807) is 6.07 Å². The van der Waals surface area contributed by atoms with Gasteiger partial charge in [-0.1, -0.05) is 12.1 Å². The number of benzene rings is 1. The second kappa shape index (κ2) is 7.43. The quantitative estimate of drug-likeness (QED) is 0.761. The summed E-state index contributed by atoms with van der Waals surface area (Å²) in [5.74, 6) is 2.45. The molecule has 2 aromatic heterocycles. The van der Waals surface area contributed by atoms with Crippen molar-refractivity contribution < 1.29 is 9.15 Å². The minimum Gasteiger partial charge on any atom is -0.462 e. The highest BCUT2D eigenvalue weighted by Gasteiger charge is 2.19. The summed E-state index contributed by atoms with van der Waals surface area (Å²) in [6.07, 6.45) is 3.41. The number of para-hydroxylation sites is 1. The Labute approximate surface area is 151 Å². The molecule has 3 heterocycles. The smallest absolute Gasteiger partial charge is 0.258 e. The molecule has 6 nitrogen and oxygen atoms in total. The van der Waals surface area contributed by atoms with Crippen molar-refractivity contribution in [3.63, 3.8) is 0 Å². The van der Waals surface area contributed by atoms with Gasteiger partial charge in [0.25, 0.3) is 5.56 Å². The molecule has 0 saturated carbocycles. The van der Waals surface area contributed by atoms with Gasteiger partial charge in [0.15, 0.2) is 0 Å². The lowest BCUT2D eigenvalue weighted by Crippen LogP contribution is -2.21. The van der Waals surface area contributed by atoms with Crippen molar-refractivity contribution in [2.45, 2.75) is 38.5 Å². The van der Waals surface area contributed by atoms with Crippen molar-refractivity contribution in [1.82, 2.24) is 14.9 Å². The number of nitrogens with zero attached hydrogens (tertiary/aromatic N) is 2. The van der Waals surface area contributed by atoms with Crippen LogP contribution in [0.25, 0.3) is 10.9 Å². The van der Waals surface area contributed by atoms with Gasteiger partial charge in [-0.15, -0.1) is 0 Å². The molecule has 1 fully saturated rings. The van der Waals surface area contributed by atoms with Crippen molar-refractivity contribution in [1.29, 1.82) is 0 Å². The van der Waals surface area contributed by atoms with Crippen LogP contribution in [0, 0.1) is 0 Å². The van der Waals surface area contributed by atoms with Crippen LogP contribution in [0.15, 0.2) is 45.6 Å². The standard InChI is InChI=1S/C20H23N3O3/c1-23(12-14-9-10-18(26-14)17-8-4-5-11-25-17)13-19-21-16-7-3-2-6-15(16)20(24)22-19/h2-3,6-7,9-10,17H,4-5,8,11-13H2,1H3,(H,21,22,24). The lowest BCUT2D eigenvalue weighted by molar-refractivity contribution is 0.000900. The SMILES string of the molecule is CN(Cc1nc2ccccc2c(=O)[nH]1)Cc1ccc(C2CCCCO2)o1. The molecule has 1 aliphatic heterocycles. The first kappa shape index (κ1) is 17.0. The van der Waals surface area contributed by atoms with Crippen molar-refractivity contribution in [2.24, 2.45) is 0 Å². The molecule has 1 saturated heterocycles. The van der Waals surface area contributed by atoms with Gasteiger partial charge in [-0.05, 0) is 50.6 Å². The normalized spacial score (nSPS) is 17.8.